The smallest absolute Gasteiger partial charge is 0.227 e. The normalized spacial score (nSPS) is 24.9. The van der Waals surface area contributed by atoms with Crippen molar-refractivity contribution in [1.82, 2.24) is 4.90 Å². The van der Waals surface area contributed by atoms with E-state index in [9.17, 15) is 4.79 Å². The third-order valence-corrected chi connectivity index (χ3v) is 7.75. The second-order valence-corrected chi connectivity index (χ2v) is 9.71. The van der Waals surface area contributed by atoms with E-state index in [2.05, 4.69) is 69.0 Å². The Bertz CT molecular complexity index is 877. The van der Waals surface area contributed by atoms with Gasteiger partial charge in [0, 0.05) is 12.1 Å². The standard InChI is InChI=1S/C29H37NO/c1-4-23-13-17-25(18-14-23)27(24-15-10-21(2)11-16-24)20-29(31)30-22(3)12-19-28(30)26-8-6-5-7-9-26/h5-11,15-16,23,25,27-28H,3-4,12-14,17-20H2,1-2H3. The van der Waals surface area contributed by atoms with Gasteiger partial charge in [-0.2, -0.15) is 0 Å². The summed E-state index contributed by atoms with van der Waals surface area (Å²) in [7, 11) is 0. The summed E-state index contributed by atoms with van der Waals surface area (Å²) in [6.07, 6.45) is 8.86. The van der Waals surface area contributed by atoms with Crippen LogP contribution in [0.3, 0.4) is 0 Å². The number of allylic oxidation sites excluding steroid dienone is 1. The molecule has 31 heavy (non-hydrogen) atoms. The number of rotatable bonds is 6. The third kappa shape index (κ3) is 4.95. The summed E-state index contributed by atoms with van der Waals surface area (Å²) in [5.74, 6) is 2.02. The highest BCUT2D eigenvalue weighted by atomic mass is 16.2. The Morgan fingerprint density at radius 3 is 2.32 bits per heavy atom. The molecule has 2 aromatic carbocycles. The first-order valence-electron chi connectivity index (χ1n) is 12.2. The molecule has 0 bridgehead atoms. The van der Waals surface area contributed by atoms with Gasteiger partial charge in [0.05, 0.1) is 6.04 Å². The Morgan fingerprint density at radius 2 is 1.68 bits per heavy atom. The van der Waals surface area contributed by atoms with Crippen LogP contribution in [0.4, 0.5) is 0 Å². The number of aryl methyl sites for hydroxylation is 1. The van der Waals surface area contributed by atoms with Gasteiger partial charge in [-0.1, -0.05) is 92.9 Å². The molecule has 1 heterocycles. The Kier molecular flexibility index (Phi) is 6.95. The van der Waals surface area contributed by atoms with Crippen molar-refractivity contribution >= 4 is 5.91 Å². The van der Waals surface area contributed by atoms with Crippen LogP contribution in [-0.2, 0) is 4.79 Å². The topological polar surface area (TPSA) is 20.3 Å². The number of nitrogens with zero attached hydrogens (tertiary/aromatic N) is 1. The molecule has 0 spiro atoms. The van der Waals surface area contributed by atoms with Crippen molar-refractivity contribution in [2.45, 2.75) is 77.2 Å². The maximum absolute atomic E-state index is 13.7. The summed E-state index contributed by atoms with van der Waals surface area (Å²) >= 11 is 0. The summed E-state index contributed by atoms with van der Waals surface area (Å²) < 4.78 is 0. The van der Waals surface area contributed by atoms with Gasteiger partial charge >= 0.3 is 0 Å². The number of amides is 1. The lowest BCUT2D eigenvalue weighted by Gasteiger charge is -2.35. The quantitative estimate of drug-likeness (QED) is 0.476. The molecule has 0 radical (unpaired) electrons. The van der Waals surface area contributed by atoms with Gasteiger partial charge in [0.1, 0.15) is 0 Å². The Balaban J connectivity index is 1.56. The highest BCUT2D eigenvalue weighted by Gasteiger charge is 2.36. The summed E-state index contributed by atoms with van der Waals surface area (Å²) in [5.41, 5.74) is 4.82. The summed E-state index contributed by atoms with van der Waals surface area (Å²) in [6, 6.07) is 19.5. The molecule has 2 nitrogen and oxygen atoms in total. The van der Waals surface area contributed by atoms with E-state index >= 15 is 0 Å². The molecule has 4 rings (SSSR count). The minimum absolute atomic E-state index is 0.135. The molecule has 2 fully saturated rings. The van der Waals surface area contributed by atoms with Gasteiger partial charge in [0.2, 0.25) is 5.91 Å². The fourth-order valence-electron chi connectivity index (χ4n) is 5.77. The molecule has 0 N–H and O–H groups in total. The molecule has 0 aromatic heterocycles. The van der Waals surface area contributed by atoms with E-state index in [1.165, 1.54) is 48.8 Å². The average Bonchev–Trinajstić information content (AvgIpc) is 3.20. The zero-order valence-corrected chi connectivity index (χ0v) is 19.2. The summed E-state index contributed by atoms with van der Waals surface area (Å²) in [5, 5.41) is 0. The number of benzene rings is 2. The molecule has 1 aliphatic carbocycles. The highest BCUT2D eigenvalue weighted by Crippen LogP contribution is 2.43. The average molecular weight is 416 g/mol. The van der Waals surface area contributed by atoms with E-state index < -0.39 is 0 Å². The lowest BCUT2D eigenvalue weighted by molar-refractivity contribution is -0.131. The predicted octanol–water partition coefficient (Wildman–Crippen LogP) is 7.56. The molecular formula is C29H37NO. The second kappa shape index (κ2) is 9.85. The molecular weight excluding hydrogens is 378 g/mol. The van der Waals surface area contributed by atoms with E-state index in [0.717, 1.165) is 24.5 Å². The van der Waals surface area contributed by atoms with Crippen molar-refractivity contribution in [2.24, 2.45) is 11.8 Å². The summed E-state index contributed by atoms with van der Waals surface area (Å²) in [4.78, 5) is 15.7. The van der Waals surface area contributed by atoms with E-state index in [1.54, 1.807) is 0 Å². The van der Waals surface area contributed by atoms with Crippen LogP contribution in [0, 0.1) is 18.8 Å². The van der Waals surface area contributed by atoms with Crippen molar-refractivity contribution in [3.63, 3.8) is 0 Å². The second-order valence-electron chi connectivity index (χ2n) is 9.71. The van der Waals surface area contributed by atoms with Crippen LogP contribution >= 0.6 is 0 Å². The summed E-state index contributed by atoms with van der Waals surface area (Å²) in [6.45, 7) is 8.71. The van der Waals surface area contributed by atoms with Gasteiger partial charge in [0.15, 0.2) is 0 Å². The van der Waals surface area contributed by atoms with Crippen molar-refractivity contribution < 1.29 is 4.79 Å². The number of carbonyl (C=O) groups is 1. The first kappa shape index (κ1) is 21.9. The van der Waals surface area contributed by atoms with Gasteiger partial charge in [-0.05, 0) is 61.5 Å². The molecule has 2 heteroatoms. The van der Waals surface area contributed by atoms with Gasteiger partial charge in [-0.25, -0.2) is 0 Å². The Labute approximate surface area is 188 Å². The van der Waals surface area contributed by atoms with Crippen LogP contribution in [0.15, 0.2) is 66.9 Å². The van der Waals surface area contributed by atoms with Crippen molar-refractivity contribution in [3.8, 4) is 0 Å². The number of hydrogen-bond donors (Lipinski definition) is 0. The van der Waals surface area contributed by atoms with E-state index in [4.69, 9.17) is 0 Å². The van der Waals surface area contributed by atoms with E-state index in [1.807, 2.05) is 11.0 Å². The minimum Gasteiger partial charge on any atom is -0.309 e. The van der Waals surface area contributed by atoms with Crippen LogP contribution in [0.1, 0.15) is 86.9 Å². The van der Waals surface area contributed by atoms with Crippen LogP contribution in [0.2, 0.25) is 0 Å². The van der Waals surface area contributed by atoms with E-state index in [-0.39, 0.29) is 11.9 Å². The maximum Gasteiger partial charge on any atom is 0.227 e. The Morgan fingerprint density at radius 1 is 1.00 bits per heavy atom. The molecule has 1 saturated carbocycles. The van der Waals surface area contributed by atoms with Crippen LogP contribution in [-0.4, -0.2) is 10.8 Å². The zero-order valence-electron chi connectivity index (χ0n) is 19.2. The molecule has 2 aromatic rings. The number of carbonyl (C=O) groups excluding carboxylic acids is 1. The molecule has 164 valence electrons. The zero-order chi connectivity index (χ0) is 21.8. The molecule has 2 atom stereocenters. The van der Waals surface area contributed by atoms with Crippen LogP contribution in [0.25, 0.3) is 0 Å². The fraction of sp³-hybridized carbons (Fsp3) is 0.483. The Hall–Kier alpha value is -2.35. The van der Waals surface area contributed by atoms with Crippen LogP contribution < -0.4 is 0 Å². The third-order valence-electron chi connectivity index (χ3n) is 7.75. The first-order chi connectivity index (χ1) is 15.1. The van der Waals surface area contributed by atoms with E-state index in [0.29, 0.717) is 18.3 Å². The van der Waals surface area contributed by atoms with Gasteiger partial charge in [-0.15, -0.1) is 0 Å². The highest BCUT2D eigenvalue weighted by molar-refractivity contribution is 5.80. The maximum atomic E-state index is 13.7. The monoisotopic (exact) mass is 415 g/mol. The molecule has 1 amide bonds. The molecule has 2 unspecified atom stereocenters. The molecule has 1 aliphatic heterocycles. The molecule has 2 aliphatic rings. The minimum atomic E-state index is 0.135. The lowest BCUT2D eigenvalue weighted by atomic mass is 9.71. The van der Waals surface area contributed by atoms with Gasteiger partial charge in [0.25, 0.3) is 0 Å². The van der Waals surface area contributed by atoms with Gasteiger partial charge in [-0.3, -0.25) is 4.79 Å². The number of likely N-dealkylation sites (tertiary alicyclic amines) is 1. The number of hydrogen-bond acceptors (Lipinski definition) is 1. The van der Waals surface area contributed by atoms with Crippen molar-refractivity contribution in [3.05, 3.63) is 83.6 Å². The van der Waals surface area contributed by atoms with Crippen molar-refractivity contribution in [2.75, 3.05) is 0 Å². The predicted molar refractivity (Wildman–Crippen MR) is 129 cm³/mol. The van der Waals surface area contributed by atoms with Crippen molar-refractivity contribution in [1.29, 1.82) is 0 Å². The lowest BCUT2D eigenvalue weighted by Crippen LogP contribution is -2.32. The fourth-order valence-corrected chi connectivity index (χ4v) is 5.77. The largest absolute Gasteiger partial charge is 0.309 e. The van der Waals surface area contributed by atoms with Gasteiger partial charge < -0.3 is 4.90 Å². The SMILES string of the molecule is C=C1CCC(c2ccccc2)N1C(=O)CC(c1ccc(C)cc1)C1CCC(CC)CC1. The molecule has 1 saturated heterocycles. The van der Waals surface area contributed by atoms with Crippen LogP contribution in [0.5, 0.6) is 0 Å². The first-order valence-corrected chi connectivity index (χ1v) is 12.2.